The van der Waals surface area contributed by atoms with Crippen LogP contribution in [0.1, 0.15) is 32.6 Å². The van der Waals surface area contributed by atoms with Crippen LogP contribution in [0.25, 0.3) is 0 Å². The average Bonchev–Trinajstić information content (AvgIpc) is 2.38. The third-order valence-electron chi connectivity index (χ3n) is 3.85. The summed E-state index contributed by atoms with van der Waals surface area (Å²) in [7, 11) is 0. The number of hydrogen-bond donors (Lipinski definition) is 1. The highest BCUT2D eigenvalue weighted by Crippen LogP contribution is 2.33. The molecule has 1 aromatic carbocycles. The molecule has 0 amide bonds. The molecule has 0 aromatic heterocycles. The fourth-order valence-corrected chi connectivity index (χ4v) is 3.85. The average molecular weight is 285 g/mol. The maximum absolute atomic E-state index is 10.2. The standard InChI is InChI=1S/C15H21ClOS/c1-11-6-8-12(9-7-11)14(17)10-18-15-5-3-2-4-13(15)16/h2-5,11-12,14,17H,6-10H2,1H3. The first-order valence-corrected chi connectivity index (χ1v) is 8.08. The SMILES string of the molecule is CC1CCC(C(O)CSc2ccccc2Cl)CC1. The van der Waals surface area contributed by atoms with Crippen molar-refractivity contribution in [3.63, 3.8) is 0 Å². The third-order valence-corrected chi connectivity index (χ3v) is 5.47. The van der Waals surface area contributed by atoms with Crippen molar-refractivity contribution in [2.24, 2.45) is 11.8 Å². The molecule has 0 saturated heterocycles. The Balaban J connectivity index is 1.81. The Bertz CT molecular complexity index is 375. The first kappa shape index (κ1) is 14.2. The normalized spacial score (nSPS) is 25.9. The molecule has 0 radical (unpaired) electrons. The maximum Gasteiger partial charge on any atom is 0.0662 e. The lowest BCUT2D eigenvalue weighted by atomic mass is 9.81. The van der Waals surface area contributed by atoms with Crippen LogP contribution in [0.5, 0.6) is 0 Å². The summed E-state index contributed by atoms with van der Waals surface area (Å²) >= 11 is 7.78. The zero-order valence-electron chi connectivity index (χ0n) is 10.8. The molecular formula is C15H21ClOS. The zero-order chi connectivity index (χ0) is 13.0. The molecule has 0 aliphatic heterocycles. The Kier molecular flexibility index (Phi) is 5.40. The van der Waals surface area contributed by atoms with E-state index in [1.807, 2.05) is 24.3 Å². The van der Waals surface area contributed by atoms with Gasteiger partial charge in [-0.25, -0.2) is 0 Å². The summed E-state index contributed by atoms with van der Waals surface area (Å²) in [5.74, 6) is 2.07. The van der Waals surface area contributed by atoms with Gasteiger partial charge in [-0.2, -0.15) is 0 Å². The number of aliphatic hydroxyl groups is 1. The van der Waals surface area contributed by atoms with Crippen molar-refractivity contribution in [1.82, 2.24) is 0 Å². The van der Waals surface area contributed by atoms with Crippen LogP contribution in [0.2, 0.25) is 5.02 Å². The van der Waals surface area contributed by atoms with E-state index in [0.29, 0.717) is 5.92 Å². The molecule has 0 spiro atoms. The second kappa shape index (κ2) is 6.83. The van der Waals surface area contributed by atoms with E-state index in [0.717, 1.165) is 21.6 Å². The molecule has 1 nitrogen and oxygen atoms in total. The predicted octanol–water partition coefficient (Wildman–Crippen LogP) is 4.62. The molecule has 0 heterocycles. The minimum Gasteiger partial charge on any atom is -0.392 e. The predicted molar refractivity (Wildman–Crippen MR) is 79.3 cm³/mol. The summed E-state index contributed by atoms with van der Waals surface area (Å²) in [6, 6.07) is 7.84. The van der Waals surface area contributed by atoms with Gasteiger partial charge in [0.05, 0.1) is 11.1 Å². The number of thioether (sulfide) groups is 1. The van der Waals surface area contributed by atoms with E-state index in [1.165, 1.54) is 25.7 Å². The molecule has 1 unspecified atom stereocenters. The Morgan fingerprint density at radius 3 is 2.61 bits per heavy atom. The number of halogens is 1. The van der Waals surface area contributed by atoms with Gasteiger partial charge >= 0.3 is 0 Å². The Morgan fingerprint density at radius 1 is 1.28 bits per heavy atom. The molecule has 3 heteroatoms. The third kappa shape index (κ3) is 3.91. The van der Waals surface area contributed by atoms with Crippen molar-refractivity contribution in [3.8, 4) is 0 Å². The van der Waals surface area contributed by atoms with E-state index < -0.39 is 0 Å². The van der Waals surface area contributed by atoms with E-state index in [1.54, 1.807) is 11.8 Å². The number of aliphatic hydroxyl groups excluding tert-OH is 1. The van der Waals surface area contributed by atoms with E-state index in [9.17, 15) is 5.11 Å². The zero-order valence-corrected chi connectivity index (χ0v) is 12.4. The quantitative estimate of drug-likeness (QED) is 0.814. The second-order valence-corrected chi connectivity index (χ2v) is 6.80. The van der Waals surface area contributed by atoms with Crippen molar-refractivity contribution in [2.75, 3.05) is 5.75 Å². The largest absolute Gasteiger partial charge is 0.392 e. The van der Waals surface area contributed by atoms with Crippen molar-refractivity contribution >= 4 is 23.4 Å². The van der Waals surface area contributed by atoms with E-state index in [4.69, 9.17) is 11.6 Å². The van der Waals surface area contributed by atoms with Crippen LogP contribution in [0.15, 0.2) is 29.2 Å². The molecule has 100 valence electrons. The number of benzene rings is 1. The van der Waals surface area contributed by atoms with Crippen LogP contribution in [0.3, 0.4) is 0 Å². The van der Waals surface area contributed by atoms with Gasteiger partial charge in [-0.05, 0) is 36.8 Å². The van der Waals surface area contributed by atoms with E-state index >= 15 is 0 Å². The van der Waals surface area contributed by atoms with Crippen LogP contribution in [-0.4, -0.2) is 17.0 Å². The van der Waals surface area contributed by atoms with Crippen LogP contribution in [0, 0.1) is 11.8 Å². The van der Waals surface area contributed by atoms with Gasteiger partial charge in [-0.3, -0.25) is 0 Å². The Hall–Kier alpha value is -0.180. The van der Waals surface area contributed by atoms with Gasteiger partial charge in [0, 0.05) is 10.6 Å². The number of rotatable bonds is 4. The molecule has 2 rings (SSSR count). The van der Waals surface area contributed by atoms with E-state index in [-0.39, 0.29) is 6.10 Å². The molecule has 18 heavy (non-hydrogen) atoms. The smallest absolute Gasteiger partial charge is 0.0662 e. The maximum atomic E-state index is 10.2. The van der Waals surface area contributed by atoms with Gasteiger partial charge in [0.15, 0.2) is 0 Å². The first-order chi connectivity index (χ1) is 8.66. The first-order valence-electron chi connectivity index (χ1n) is 6.72. The van der Waals surface area contributed by atoms with Gasteiger partial charge in [-0.1, -0.05) is 43.5 Å². The Morgan fingerprint density at radius 2 is 1.94 bits per heavy atom. The summed E-state index contributed by atoms with van der Waals surface area (Å²) in [6.45, 7) is 2.31. The summed E-state index contributed by atoms with van der Waals surface area (Å²) < 4.78 is 0. The second-order valence-electron chi connectivity index (χ2n) is 5.33. The summed E-state index contributed by atoms with van der Waals surface area (Å²) in [4.78, 5) is 1.07. The molecule has 0 bridgehead atoms. The molecule has 1 aliphatic rings. The summed E-state index contributed by atoms with van der Waals surface area (Å²) in [6.07, 6.45) is 4.67. The topological polar surface area (TPSA) is 20.2 Å². The summed E-state index contributed by atoms with van der Waals surface area (Å²) in [5, 5.41) is 11.0. The highest BCUT2D eigenvalue weighted by molar-refractivity contribution is 7.99. The van der Waals surface area contributed by atoms with Gasteiger partial charge < -0.3 is 5.11 Å². The van der Waals surface area contributed by atoms with Gasteiger partial charge in [-0.15, -0.1) is 11.8 Å². The molecule has 1 N–H and O–H groups in total. The highest BCUT2D eigenvalue weighted by atomic mass is 35.5. The minimum absolute atomic E-state index is 0.196. The van der Waals surface area contributed by atoms with Crippen molar-refractivity contribution in [2.45, 2.75) is 43.6 Å². The van der Waals surface area contributed by atoms with E-state index in [2.05, 4.69) is 6.92 Å². The molecular weight excluding hydrogens is 264 g/mol. The van der Waals surface area contributed by atoms with Gasteiger partial charge in [0.1, 0.15) is 0 Å². The van der Waals surface area contributed by atoms with Crippen LogP contribution in [0.4, 0.5) is 0 Å². The lowest BCUT2D eigenvalue weighted by Crippen LogP contribution is -2.26. The van der Waals surface area contributed by atoms with Crippen LogP contribution in [-0.2, 0) is 0 Å². The van der Waals surface area contributed by atoms with Crippen molar-refractivity contribution in [1.29, 1.82) is 0 Å². The molecule has 1 fully saturated rings. The fraction of sp³-hybridized carbons (Fsp3) is 0.600. The lowest BCUT2D eigenvalue weighted by molar-refractivity contribution is 0.0946. The minimum atomic E-state index is -0.196. The molecule has 1 aliphatic carbocycles. The summed E-state index contributed by atoms with van der Waals surface area (Å²) in [5.41, 5.74) is 0. The van der Waals surface area contributed by atoms with Gasteiger partial charge in [0.25, 0.3) is 0 Å². The van der Waals surface area contributed by atoms with Gasteiger partial charge in [0.2, 0.25) is 0 Å². The lowest BCUT2D eigenvalue weighted by Gasteiger charge is -2.29. The van der Waals surface area contributed by atoms with Crippen LogP contribution >= 0.6 is 23.4 Å². The monoisotopic (exact) mass is 284 g/mol. The molecule has 1 saturated carbocycles. The van der Waals surface area contributed by atoms with Crippen LogP contribution < -0.4 is 0 Å². The molecule has 1 atom stereocenters. The number of hydrogen-bond acceptors (Lipinski definition) is 2. The highest BCUT2D eigenvalue weighted by Gasteiger charge is 2.24. The van der Waals surface area contributed by atoms with Crippen molar-refractivity contribution < 1.29 is 5.11 Å². The fourth-order valence-electron chi connectivity index (χ4n) is 2.54. The van der Waals surface area contributed by atoms with Crippen molar-refractivity contribution in [3.05, 3.63) is 29.3 Å². The molecule has 1 aromatic rings. The Labute approximate surface area is 119 Å².